The Labute approximate surface area is 139 Å². The first-order valence-corrected chi connectivity index (χ1v) is 9.04. The second-order valence-corrected chi connectivity index (χ2v) is 7.41. The monoisotopic (exact) mass is 325 g/mol. The number of nitrogens with zero attached hydrogens (tertiary/aromatic N) is 2. The summed E-state index contributed by atoms with van der Waals surface area (Å²) in [7, 11) is 1.70. The molecule has 0 aromatic rings. The topological polar surface area (TPSA) is 65.0 Å². The number of hydrogen-bond acceptors (Lipinski definition) is 5. The second-order valence-electron chi connectivity index (χ2n) is 7.41. The quantitative estimate of drug-likeness (QED) is 0.723. The zero-order chi connectivity index (χ0) is 16.3. The summed E-state index contributed by atoms with van der Waals surface area (Å²) in [5.41, 5.74) is 0.259. The number of hydrogen-bond donors (Lipinski definition) is 2. The Hall–Kier alpha value is -0.690. The molecule has 2 heterocycles. The molecule has 0 aromatic carbocycles. The number of aliphatic hydroxyl groups is 1. The number of carbonyl (C=O) groups excluding carboxylic acids is 1. The van der Waals surface area contributed by atoms with Crippen LogP contribution in [0, 0.1) is 5.41 Å². The predicted molar refractivity (Wildman–Crippen MR) is 88.2 cm³/mol. The predicted octanol–water partition coefficient (Wildman–Crippen LogP) is 0.0602. The van der Waals surface area contributed by atoms with E-state index in [9.17, 15) is 9.90 Å². The van der Waals surface area contributed by atoms with Gasteiger partial charge in [-0.25, -0.2) is 0 Å². The summed E-state index contributed by atoms with van der Waals surface area (Å²) >= 11 is 0. The van der Waals surface area contributed by atoms with Gasteiger partial charge in [-0.3, -0.25) is 4.79 Å². The first-order chi connectivity index (χ1) is 11.1. The Morgan fingerprint density at radius 3 is 2.87 bits per heavy atom. The Morgan fingerprint density at radius 2 is 2.17 bits per heavy atom. The van der Waals surface area contributed by atoms with Crippen LogP contribution in [-0.4, -0.2) is 85.9 Å². The van der Waals surface area contributed by atoms with Crippen LogP contribution in [0.15, 0.2) is 0 Å². The summed E-state index contributed by atoms with van der Waals surface area (Å²) < 4.78 is 5.37. The van der Waals surface area contributed by atoms with Crippen LogP contribution >= 0.6 is 0 Å². The van der Waals surface area contributed by atoms with E-state index < -0.39 is 0 Å². The molecule has 2 aliphatic heterocycles. The molecule has 0 aromatic heterocycles. The number of amides is 1. The Balaban J connectivity index is 1.51. The lowest BCUT2D eigenvalue weighted by Crippen LogP contribution is -2.48. The normalized spacial score (nSPS) is 29.6. The van der Waals surface area contributed by atoms with Crippen molar-refractivity contribution in [2.75, 3.05) is 53.0 Å². The highest BCUT2D eigenvalue weighted by Gasteiger charge is 2.51. The molecule has 2 unspecified atom stereocenters. The van der Waals surface area contributed by atoms with E-state index in [0.717, 1.165) is 52.1 Å². The van der Waals surface area contributed by atoms with Crippen molar-refractivity contribution in [1.82, 2.24) is 15.1 Å². The van der Waals surface area contributed by atoms with Crippen molar-refractivity contribution in [1.29, 1.82) is 0 Å². The van der Waals surface area contributed by atoms with Crippen LogP contribution in [0.2, 0.25) is 0 Å². The van der Waals surface area contributed by atoms with E-state index in [1.165, 1.54) is 12.8 Å². The molecule has 0 bridgehead atoms. The summed E-state index contributed by atoms with van der Waals surface area (Å²) in [5, 5.41) is 13.6. The van der Waals surface area contributed by atoms with Crippen LogP contribution in [0.5, 0.6) is 0 Å². The van der Waals surface area contributed by atoms with Crippen LogP contribution in [-0.2, 0) is 9.53 Å². The number of methoxy groups -OCH3 is 1. The fourth-order valence-corrected chi connectivity index (χ4v) is 4.05. The zero-order valence-corrected chi connectivity index (χ0v) is 14.3. The minimum atomic E-state index is -0.166. The lowest BCUT2D eigenvalue weighted by Gasteiger charge is -2.38. The third-order valence-corrected chi connectivity index (χ3v) is 5.90. The van der Waals surface area contributed by atoms with Crippen LogP contribution in [0.25, 0.3) is 0 Å². The molecule has 2 atom stereocenters. The largest absolute Gasteiger partial charge is 0.391 e. The SMILES string of the molecule is COCC(CCN1CCC2(CC2)C(O)C1)N1CCNCCC1=O. The summed E-state index contributed by atoms with van der Waals surface area (Å²) in [4.78, 5) is 16.7. The van der Waals surface area contributed by atoms with Gasteiger partial charge in [0.2, 0.25) is 5.91 Å². The third-order valence-electron chi connectivity index (χ3n) is 5.90. The molecule has 1 saturated carbocycles. The molecule has 3 rings (SSSR count). The number of aliphatic hydroxyl groups excluding tert-OH is 1. The Kier molecular flexibility index (Phi) is 5.57. The summed E-state index contributed by atoms with van der Waals surface area (Å²) in [6, 6.07) is 0.140. The maximum Gasteiger partial charge on any atom is 0.224 e. The van der Waals surface area contributed by atoms with E-state index in [1.54, 1.807) is 7.11 Å². The van der Waals surface area contributed by atoms with E-state index in [0.29, 0.717) is 13.0 Å². The van der Waals surface area contributed by atoms with Gasteiger partial charge in [0.05, 0.1) is 18.8 Å². The molecule has 132 valence electrons. The molecule has 23 heavy (non-hydrogen) atoms. The van der Waals surface area contributed by atoms with Gasteiger partial charge in [0, 0.05) is 46.3 Å². The van der Waals surface area contributed by atoms with Crippen LogP contribution in [0.4, 0.5) is 0 Å². The van der Waals surface area contributed by atoms with Crippen molar-refractivity contribution in [3.63, 3.8) is 0 Å². The minimum absolute atomic E-state index is 0.140. The minimum Gasteiger partial charge on any atom is -0.391 e. The van der Waals surface area contributed by atoms with Gasteiger partial charge in [0.25, 0.3) is 0 Å². The lowest BCUT2D eigenvalue weighted by molar-refractivity contribution is -0.134. The third kappa shape index (κ3) is 4.05. The summed E-state index contributed by atoms with van der Waals surface area (Å²) in [6.45, 7) is 5.77. The average molecular weight is 325 g/mol. The van der Waals surface area contributed by atoms with Gasteiger partial charge in [0.1, 0.15) is 0 Å². The van der Waals surface area contributed by atoms with Crippen LogP contribution in [0.1, 0.15) is 32.1 Å². The zero-order valence-electron chi connectivity index (χ0n) is 14.3. The molecular formula is C17H31N3O3. The van der Waals surface area contributed by atoms with E-state index in [1.807, 2.05) is 4.90 Å². The van der Waals surface area contributed by atoms with Crippen LogP contribution < -0.4 is 5.32 Å². The highest BCUT2D eigenvalue weighted by molar-refractivity contribution is 5.77. The van der Waals surface area contributed by atoms with Gasteiger partial charge in [-0.2, -0.15) is 0 Å². The first-order valence-electron chi connectivity index (χ1n) is 9.04. The fourth-order valence-electron chi connectivity index (χ4n) is 4.05. The summed E-state index contributed by atoms with van der Waals surface area (Å²) in [5.74, 6) is 0.229. The van der Waals surface area contributed by atoms with Gasteiger partial charge < -0.3 is 25.0 Å². The van der Waals surface area contributed by atoms with E-state index >= 15 is 0 Å². The fraction of sp³-hybridized carbons (Fsp3) is 0.941. The van der Waals surface area contributed by atoms with E-state index in [4.69, 9.17) is 4.74 Å². The Bertz CT molecular complexity index is 414. The lowest BCUT2D eigenvalue weighted by atomic mass is 9.90. The maximum atomic E-state index is 12.3. The molecule has 1 amide bonds. The number of rotatable bonds is 6. The second kappa shape index (κ2) is 7.47. The molecule has 3 fully saturated rings. The first kappa shape index (κ1) is 17.1. The summed E-state index contributed by atoms with van der Waals surface area (Å²) in [6.07, 6.45) is 4.84. The molecule has 0 radical (unpaired) electrons. The van der Waals surface area contributed by atoms with Crippen molar-refractivity contribution >= 4 is 5.91 Å². The van der Waals surface area contributed by atoms with Gasteiger partial charge >= 0.3 is 0 Å². The molecule has 1 spiro atoms. The number of β-amino-alcohol motifs (C(OH)–C–C–N with tert-alkyl or cyclic N) is 1. The number of ether oxygens (including phenoxy) is 1. The van der Waals surface area contributed by atoms with Crippen molar-refractivity contribution in [2.24, 2.45) is 5.41 Å². The maximum absolute atomic E-state index is 12.3. The number of likely N-dealkylation sites (tertiary alicyclic amines) is 1. The van der Waals surface area contributed by atoms with Gasteiger partial charge in [-0.15, -0.1) is 0 Å². The molecule has 2 N–H and O–H groups in total. The Morgan fingerprint density at radius 1 is 1.35 bits per heavy atom. The van der Waals surface area contributed by atoms with Crippen molar-refractivity contribution in [2.45, 2.75) is 44.2 Å². The van der Waals surface area contributed by atoms with Gasteiger partial charge in [0.15, 0.2) is 0 Å². The van der Waals surface area contributed by atoms with Gasteiger partial charge in [-0.1, -0.05) is 0 Å². The highest BCUT2D eigenvalue weighted by Crippen LogP contribution is 2.53. The molecule has 6 heteroatoms. The molecule has 1 aliphatic carbocycles. The number of carbonyl (C=O) groups is 1. The average Bonchev–Trinajstić information content (AvgIpc) is 3.33. The van der Waals surface area contributed by atoms with Crippen molar-refractivity contribution < 1.29 is 14.6 Å². The number of piperidine rings is 1. The van der Waals surface area contributed by atoms with E-state index in [2.05, 4.69) is 10.2 Å². The number of nitrogens with one attached hydrogen (secondary N) is 1. The molecule has 6 nitrogen and oxygen atoms in total. The van der Waals surface area contributed by atoms with Crippen molar-refractivity contribution in [3.05, 3.63) is 0 Å². The van der Waals surface area contributed by atoms with Gasteiger partial charge in [-0.05, 0) is 37.6 Å². The van der Waals surface area contributed by atoms with Crippen LogP contribution in [0.3, 0.4) is 0 Å². The standard InChI is InChI=1S/C17H31N3O3/c1-23-13-14(20-11-8-18-7-2-16(20)22)3-9-19-10-6-17(4-5-17)15(21)12-19/h14-15,18,21H,2-13H2,1H3. The van der Waals surface area contributed by atoms with E-state index in [-0.39, 0.29) is 23.5 Å². The van der Waals surface area contributed by atoms with Crippen molar-refractivity contribution in [3.8, 4) is 0 Å². The highest BCUT2D eigenvalue weighted by atomic mass is 16.5. The molecule has 3 aliphatic rings. The molecular weight excluding hydrogens is 294 g/mol. The molecule has 2 saturated heterocycles. The smallest absolute Gasteiger partial charge is 0.224 e.